The van der Waals surface area contributed by atoms with E-state index in [1.54, 1.807) is 0 Å². The van der Waals surface area contributed by atoms with E-state index in [1.807, 2.05) is 35.8 Å². The van der Waals surface area contributed by atoms with Crippen LogP contribution in [0.15, 0.2) is 54.6 Å². The molecule has 8 heteroatoms. The van der Waals surface area contributed by atoms with E-state index in [4.69, 9.17) is 4.84 Å². The molecule has 2 aromatic rings. The van der Waals surface area contributed by atoms with E-state index in [0.717, 1.165) is 17.7 Å². The zero-order valence-electron chi connectivity index (χ0n) is 13.0. The lowest BCUT2D eigenvalue weighted by Gasteiger charge is -2.09. The molecule has 2 rings (SSSR count). The molecule has 0 aromatic heterocycles. The number of halogens is 3. The lowest BCUT2D eigenvalue weighted by molar-refractivity contribution is -0.137. The monoisotopic (exact) mass is 352 g/mol. The summed E-state index contributed by atoms with van der Waals surface area (Å²) in [6.45, 7) is -0.165. The quantitative estimate of drug-likeness (QED) is 0.786. The Hall–Kier alpha value is -2.87. The molecule has 132 valence electrons. The van der Waals surface area contributed by atoms with Gasteiger partial charge < -0.3 is 5.32 Å². The highest BCUT2D eigenvalue weighted by molar-refractivity contribution is 5.93. The van der Waals surface area contributed by atoms with Gasteiger partial charge in [-0.15, -0.1) is 0 Å². The lowest BCUT2D eigenvalue weighted by Crippen LogP contribution is -2.32. The van der Waals surface area contributed by atoms with Gasteiger partial charge in [0.1, 0.15) is 0 Å². The Morgan fingerprint density at radius 1 is 1.00 bits per heavy atom. The van der Waals surface area contributed by atoms with Gasteiger partial charge in [-0.25, -0.2) is 5.48 Å². The van der Waals surface area contributed by atoms with E-state index in [1.165, 1.54) is 6.07 Å². The van der Waals surface area contributed by atoms with Crippen molar-refractivity contribution in [2.24, 2.45) is 0 Å². The van der Waals surface area contributed by atoms with E-state index in [9.17, 15) is 22.8 Å². The standard InChI is InChI=1S/C17H15F3N2O3/c18-17(19,20)14-8-4-7-13(9-14)16(24)22-25-11-15(23)21-10-12-5-2-1-3-6-12/h1-9H,10-11H2,(H,21,23)(H,22,24). The largest absolute Gasteiger partial charge is 0.416 e. The Kier molecular flexibility index (Phi) is 6.13. The van der Waals surface area contributed by atoms with Crippen molar-refractivity contribution in [2.45, 2.75) is 12.7 Å². The summed E-state index contributed by atoms with van der Waals surface area (Å²) in [6, 6.07) is 13.0. The molecule has 2 aromatic carbocycles. The van der Waals surface area contributed by atoms with Gasteiger partial charge in [0, 0.05) is 12.1 Å². The molecule has 0 bridgehead atoms. The summed E-state index contributed by atoms with van der Waals surface area (Å²) in [7, 11) is 0. The van der Waals surface area contributed by atoms with Crippen LogP contribution in [0.25, 0.3) is 0 Å². The molecule has 0 fully saturated rings. The van der Waals surface area contributed by atoms with Gasteiger partial charge in [-0.3, -0.25) is 14.4 Å². The van der Waals surface area contributed by atoms with Crippen molar-refractivity contribution in [1.82, 2.24) is 10.8 Å². The van der Waals surface area contributed by atoms with Crippen LogP contribution in [-0.2, 0) is 22.4 Å². The summed E-state index contributed by atoms with van der Waals surface area (Å²) in [4.78, 5) is 28.1. The smallest absolute Gasteiger partial charge is 0.350 e. The second-order valence-corrected chi connectivity index (χ2v) is 5.06. The number of benzene rings is 2. The predicted molar refractivity (Wildman–Crippen MR) is 83.2 cm³/mol. The molecule has 0 spiro atoms. The highest BCUT2D eigenvalue weighted by Gasteiger charge is 2.30. The van der Waals surface area contributed by atoms with Crippen molar-refractivity contribution in [2.75, 3.05) is 6.61 Å². The zero-order chi connectivity index (χ0) is 18.3. The molecule has 5 nitrogen and oxygen atoms in total. The van der Waals surface area contributed by atoms with Gasteiger partial charge >= 0.3 is 6.18 Å². The van der Waals surface area contributed by atoms with Crippen molar-refractivity contribution >= 4 is 11.8 Å². The van der Waals surface area contributed by atoms with Crippen LogP contribution >= 0.6 is 0 Å². The van der Waals surface area contributed by atoms with E-state index < -0.39 is 30.2 Å². The molecule has 0 aliphatic carbocycles. The first-order valence-electron chi connectivity index (χ1n) is 7.26. The Labute approximate surface area is 141 Å². The van der Waals surface area contributed by atoms with Crippen LogP contribution in [0.5, 0.6) is 0 Å². The number of carbonyl (C=O) groups is 2. The van der Waals surface area contributed by atoms with Gasteiger partial charge in [0.25, 0.3) is 5.91 Å². The number of nitrogens with one attached hydrogen (secondary N) is 2. The van der Waals surface area contributed by atoms with Gasteiger partial charge in [-0.2, -0.15) is 13.2 Å². The summed E-state index contributed by atoms with van der Waals surface area (Å²) in [5.41, 5.74) is 1.67. The fourth-order valence-corrected chi connectivity index (χ4v) is 1.91. The molecular weight excluding hydrogens is 337 g/mol. The van der Waals surface area contributed by atoms with Crippen LogP contribution in [0.3, 0.4) is 0 Å². The Balaban J connectivity index is 1.77. The van der Waals surface area contributed by atoms with Crippen LogP contribution in [0.1, 0.15) is 21.5 Å². The normalized spacial score (nSPS) is 11.0. The average molecular weight is 352 g/mol. The summed E-state index contributed by atoms with van der Waals surface area (Å²) < 4.78 is 37.8. The molecule has 0 atom stereocenters. The van der Waals surface area contributed by atoms with Gasteiger partial charge in [-0.05, 0) is 23.8 Å². The topological polar surface area (TPSA) is 67.4 Å². The van der Waals surface area contributed by atoms with Gasteiger partial charge in [0.15, 0.2) is 6.61 Å². The summed E-state index contributed by atoms with van der Waals surface area (Å²) in [5, 5.41) is 2.58. The minimum absolute atomic E-state index is 0.223. The van der Waals surface area contributed by atoms with Crippen molar-refractivity contribution in [3.8, 4) is 0 Å². The third-order valence-electron chi connectivity index (χ3n) is 3.15. The first kappa shape index (κ1) is 18.5. The van der Waals surface area contributed by atoms with Gasteiger partial charge in [0.05, 0.1) is 5.56 Å². The third-order valence-corrected chi connectivity index (χ3v) is 3.15. The fourth-order valence-electron chi connectivity index (χ4n) is 1.91. The van der Waals surface area contributed by atoms with Crippen molar-refractivity contribution in [3.63, 3.8) is 0 Å². The minimum Gasteiger partial charge on any atom is -0.350 e. The number of hydrogen-bond donors (Lipinski definition) is 2. The predicted octanol–water partition coefficient (Wildman–Crippen LogP) is 2.68. The van der Waals surface area contributed by atoms with Gasteiger partial charge in [0.2, 0.25) is 5.91 Å². The number of rotatable bonds is 6. The maximum Gasteiger partial charge on any atom is 0.416 e. The Bertz CT molecular complexity index is 733. The molecule has 0 heterocycles. The SMILES string of the molecule is O=C(CONC(=O)c1cccc(C(F)(F)F)c1)NCc1ccccc1. The fraction of sp³-hybridized carbons (Fsp3) is 0.176. The molecule has 0 saturated carbocycles. The third kappa shape index (κ3) is 5.92. The molecule has 0 aliphatic rings. The molecule has 0 unspecified atom stereocenters. The molecule has 0 radical (unpaired) electrons. The molecule has 2 N–H and O–H groups in total. The van der Waals surface area contributed by atoms with Crippen LogP contribution in [0, 0.1) is 0 Å². The van der Waals surface area contributed by atoms with Crippen molar-refractivity contribution < 1.29 is 27.6 Å². The van der Waals surface area contributed by atoms with Crippen LogP contribution in [-0.4, -0.2) is 18.4 Å². The van der Waals surface area contributed by atoms with E-state index in [2.05, 4.69) is 5.32 Å². The maximum atomic E-state index is 12.6. The molecular formula is C17H15F3N2O3. The van der Waals surface area contributed by atoms with Crippen molar-refractivity contribution in [1.29, 1.82) is 0 Å². The maximum absolute atomic E-state index is 12.6. The Morgan fingerprint density at radius 3 is 2.40 bits per heavy atom. The number of hydrogen-bond acceptors (Lipinski definition) is 3. The molecule has 2 amide bonds. The van der Waals surface area contributed by atoms with Crippen LogP contribution in [0.2, 0.25) is 0 Å². The summed E-state index contributed by atoms with van der Waals surface area (Å²) in [6.07, 6.45) is -4.55. The number of alkyl halides is 3. The van der Waals surface area contributed by atoms with Crippen LogP contribution < -0.4 is 10.8 Å². The van der Waals surface area contributed by atoms with E-state index in [-0.39, 0.29) is 5.56 Å². The van der Waals surface area contributed by atoms with E-state index in [0.29, 0.717) is 12.6 Å². The second kappa shape index (κ2) is 8.29. The van der Waals surface area contributed by atoms with E-state index >= 15 is 0 Å². The molecule has 0 saturated heterocycles. The number of amides is 2. The first-order valence-corrected chi connectivity index (χ1v) is 7.26. The average Bonchev–Trinajstić information content (AvgIpc) is 2.60. The number of hydroxylamine groups is 1. The highest BCUT2D eigenvalue weighted by atomic mass is 19.4. The van der Waals surface area contributed by atoms with Crippen LogP contribution in [0.4, 0.5) is 13.2 Å². The number of carbonyl (C=O) groups excluding carboxylic acids is 2. The Morgan fingerprint density at radius 2 is 1.72 bits per heavy atom. The highest BCUT2D eigenvalue weighted by Crippen LogP contribution is 2.29. The summed E-state index contributed by atoms with van der Waals surface area (Å²) in [5.74, 6) is -1.35. The van der Waals surface area contributed by atoms with Gasteiger partial charge in [-0.1, -0.05) is 36.4 Å². The lowest BCUT2D eigenvalue weighted by atomic mass is 10.1. The second-order valence-electron chi connectivity index (χ2n) is 5.06. The zero-order valence-corrected chi connectivity index (χ0v) is 13.0. The summed E-state index contributed by atoms with van der Waals surface area (Å²) >= 11 is 0. The molecule has 25 heavy (non-hydrogen) atoms. The first-order chi connectivity index (χ1) is 11.9. The minimum atomic E-state index is -4.55. The van der Waals surface area contributed by atoms with Crippen molar-refractivity contribution in [3.05, 3.63) is 71.3 Å². The molecule has 0 aliphatic heterocycles.